The smallest absolute Gasteiger partial charge is 0.0492 e. The molecule has 3 aliphatic rings. The molecule has 0 heterocycles. The topological polar surface area (TPSA) is 0 Å². The van der Waals surface area contributed by atoms with Gasteiger partial charge in [-0.15, -0.1) is 0 Å². The fraction of sp³-hybridized carbons (Fsp3) is 0.0526. The Labute approximate surface area is 219 Å². The van der Waals surface area contributed by atoms with E-state index in [4.69, 9.17) is 0 Å². The minimum atomic E-state index is -0.263. The maximum Gasteiger partial charge on any atom is 0.0492 e. The minimum Gasteiger partial charge on any atom is -0.0692 e. The fourth-order valence-electron chi connectivity index (χ4n) is 8.11. The molecule has 0 spiro atoms. The first kappa shape index (κ1) is 19.4. The lowest BCUT2D eigenvalue weighted by molar-refractivity contribution is 0.511. The summed E-state index contributed by atoms with van der Waals surface area (Å²) in [5, 5.41) is 17.5. The van der Waals surface area contributed by atoms with Crippen molar-refractivity contribution in [3.05, 3.63) is 137 Å². The molecular formula is C38H22. The van der Waals surface area contributed by atoms with E-state index in [-0.39, 0.29) is 10.8 Å². The lowest BCUT2D eigenvalue weighted by atomic mass is 9.53. The summed E-state index contributed by atoms with van der Waals surface area (Å²) in [6.07, 6.45) is 17.1. The molecule has 0 aromatic heterocycles. The van der Waals surface area contributed by atoms with Gasteiger partial charge in [0, 0.05) is 10.8 Å². The van der Waals surface area contributed by atoms with E-state index in [0.29, 0.717) is 0 Å². The van der Waals surface area contributed by atoms with E-state index in [2.05, 4.69) is 134 Å². The summed E-state index contributed by atoms with van der Waals surface area (Å²) in [6, 6.07) is 34.4. The molecule has 38 heavy (non-hydrogen) atoms. The summed E-state index contributed by atoms with van der Waals surface area (Å²) in [5.74, 6) is 0. The zero-order valence-corrected chi connectivity index (χ0v) is 20.7. The second kappa shape index (κ2) is 6.23. The highest BCUT2D eigenvalue weighted by Crippen LogP contribution is 2.55. The zero-order chi connectivity index (χ0) is 24.6. The van der Waals surface area contributed by atoms with Crippen molar-refractivity contribution in [1.29, 1.82) is 0 Å². The Balaban J connectivity index is 1.45. The molecule has 7 aromatic carbocycles. The number of benzene rings is 7. The van der Waals surface area contributed by atoms with Gasteiger partial charge in [0.05, 0.1) is 0 Å². The molecule has 0 radical (unpaired) electrons. The fourth-order valence-corrected chi connectivity index (χ4v) is 8.11. The lowest BCUT2D eigenvalue weighted by Crippen LogP contribution is -2.50. The molecule has 0 saturated heterocycles. The number of allylic oxidation sites excluding steroid dienone is 4. The summed E-state index contributed by atoms with van der Waals surface area (Å²) < 4.78 is 0. The second-order valence-electron chi connectivity index (χ2n) is 11.4. The van der Waals surface area contributed by atoms with Crippen LogP contribution in [0.2, 0.25) is 0 Å². The average molecular weight is 479 g/mol. The van der Waals surface area contributed by atoms with Crippen molar-refractivity contribution in [3.63, 3.8) is 0 Å². The van der Waals surface area contributed by atoms with Crippen molar-refractivity contribution in [2.45, 2.75) is 5.41 Å². The Hall–Kier alpha value is -4.68. The van der Waals surface area contributed by atoms with Gasteiger partial charge in [-0.05, 0) is 81.1 Å². The molecule has 2 atom stereocenters. The highest BCUT2D eigenvalue weighted by molar-refractivity contribution is 6.23. The maximum absolute atomic E-state index is 2.57. The first-order valence-corrected chi connectivity index (χ1v) is 13.5. The van der Waals surface area contributed by atoms with Crippen LogP contribution >= 0.6 is 0 Å². The highest BCUT2D eigenvalue weighted by atomic mass is 14.5. The van der Waals surface area contributed by atoms with Crippen LogP contribution in [0.5, 0.6) is 0 Å². The van der Waals surface area contributed by atoms with Crippen LogP contribution in [0.3, 0.4) is 0 Å². The van der Waals surface area contributed by atoms with Crippen LogP contribution in [0.25, 0.3) is 72.1 Å². The number of rotatable bonds is 0. The molecule has 0 N–H and O–H groups in total. The molecule has 0 amide bonds. The van der Waals surface area contributed by atoms with Gasteiger partial charge in [-0.25, -0.2) is 0 Å². The second-order valence-corrected chi connectivity index (χ2v) is 11.4. The van der Waals surface area contributed by atoms with Crippen molar-refractivity contribution in [2.24, 2.45) is 5.41 Å². The summed E-state index contributed by atoms with van der Waals surface area (Å²) in [6.45, 7) is 0. The molecule has 0 saturated carbocycles. The molecule has 0 aliphatic heterocycles. The van der Waals surface area contributed by atoms with Gasteiger partial charge in [-0.1, -0.05) is 127 Å². The van der Waals surface area contributed by atoms with Crippen LogP contribution in [0, 0.1) is 5.41 Å². The summed E-state index contributed by atoms with van der Waals surface area (Å²) >= 11 is 0. The predicted octanol–water partition coefficient (Wildman–Crippen LogP) is 7.03. The van der Waals surface area contributed by atoms with Crippen LogP contribution in [0.4, 0.5) is 0 Å². The monoisotopic (exact) mass is 478 g/mol. The summed E-state index contributed by atoms with van der Waals surface area (Å²) in [4.78, 5) is 0. The Kier molecular flexibility index (Phi) is 3.19. The van der Waals surface area contributed by atoms with E-state index in [1.54, 1.807) is 0 Å². The van der Waals surface area contributed by atoms with Gasteiger partial charge < -0.3 is 0 Å². The summed E-state index contributed by atoms with van der Waals surface area (Å²) in [5.41, 5.74) is 0.886. The van der Waals surface area contributed by atoms with Crippen molar-refractivity contribution in [2.75, 3.05) is 0 Å². The average Bonchev–Trinajstić information content (AvgIpc) is 2.96. The molecular weight excluding hydrogens is 456 g/mol. The van der Waals surface area contributed by atoms with Gasteiger partial charge in [0.25, 0.3) is 0 Å². The van der Waals surface area contributed by atoms with E-state index in [0.717, 1.165) is 0 Å². The molecule has 0 heteroatoms. The van der Waals surface area contributed by atoms with Crippen LogP contribution < -0.4 is 15.7 Å². The normalized spacial score (nSPS) is 22.8. The SMILES string of the molecule is C1=CC23C=c4c(cc5ccc6cccc7ccc4c5c67)=CC2(C=C1)c1ccc2cccc4ccc(c1c24)=C3. The van der Waals surface area contributed by atoms with Gasteiger partial charge in [0.1, 0.15) is 0 Å². The summed E-state index contributed by atoms with van der Waals surface area (Å²) in [7, 11) is 0. The van der Waals surface area contributed by atoms with E-state index >= 15 is 0 Å². The Morgan fingerprint density at radius 1 is 0.447 bits per heavy atom. The Morgan fingerprint density at radius 2 is 1.11 bits per heavy atom. The molecule has 2 unspecified atom stereocenters. The molecule has 0 nitrogen and oxygen atoms in total. The van der Waals surface area contributed by atoms with Gasteiger partial charge in [0.15, 0.2) is 0 Å². The van der Waals surface area contributed by atoms with Crippen molar-refractivity contribution in [3.8, 4) is 0 Å². The molecule has 7 aromatic rings. The third kappa shape index (κ3) is 2.06. The highest BCUT2D eigenvalue weighted by Gasteiger charge is 2.50. The van der Waals surface area contributed by atoms with E-state index in [1.165, 1.54) is 75.1 Å². The van der Waals surface area contributed by atoms with Crippen molar-refractivity contribution >= 4 is 72.1 Å². The minimum absolute atomic E-state index is 0.260. The predicted molar refractivity (Wildman–Crippen MR) is 162 cm³/mol. The molecule has 3 aliphatic carbocycles. The Bertz CT molecular complexity index is 2420. The maximum atomic E-state index is 2.57. The van der Waals surface area contributed by atoms with Gasteiger partial charge >= 0.3 is 0 Å². The van der Waals surface area contributed by atoms with Crippen LogP contribution in [-0.4, -0.2) is 0 Å². The van der Waals surface area contributed by atoms with Crippen LogP contribution in [0.1, 0.15) is 5.56 Å². The van der Waals surface area contributed by atoms with E-state index in [1.807, 2.05) is 0 Å². The number of fused-ring (bicyclic) bond motifs is 2. The molecule has 174 valence electrons. The molecule has 0 fully saturated rings. The zero-order valence-electron chi connectivity index (χ0n) is 20.7. The van der Waals surface area contributed by atoms with E-state index in [9.17, 15) is 0 Å². The number of hydrogen-bond donors (Lipinski definition) is 0. The third-order valence-corrected chi connectivity index (χ3v) is 9.70. The van der Waals surface area contributed by atoms with Crippen molar-refractivity contribution in [1.82, 2.24) is 0 Å². The Morgan fingerprint density at radius 3 is 1.92 bits per heavy atom. The lowest BCUT2D eigenvalue weighted by Gasteiger charge is -2.49. The quantitative estimate of drug-likeness (QED) is 0.205. The van der Waals surface area contributed by atoms with Gasteiger partial charge in [-0.3, -0.25) is 0 Å². The van der Waals surface area contributed by atoms with Crippen molar-refractivity contribution < 1.29 is 0 Å². The third-order valence-electron chi connectivity index (χ3n) is 9.70. The molecule has 10 rings (SSSR count). The van der Waals surface area contributed by atoms with Gasteiger partial charge in [-0.2, -0.15) is 0 Å². The van der Waals surface area contributed by atoms with Crippen LogP contribution in [0.15, 0.2) is 115 Å². The molecule has 0 bridgehead atoms. The number of hydrogen-bond acceptors (Lipinski definition) is 0. The standard InChI is InChI=1S/C38H22/c1-2-18-38-21-29-19-27-11-9-23-5-3-7-25-13-15-30(35(27)33(23)25)31(29)22-37(38,17-1)20-28-12-10-24-6-4-8-26-14-16-32(38)36(28)34(24)26/h1-22H. The van der Waals surface area contributed by atoms with Crippen LogP contribution in [-0.2, 0) is 5.41 Å². The first-order valence-electron chi connectivity index (χ1n) is 13.5. The largest absolute Gasteiger partial charge is 0.0692 e. The van der Waals surface area contributed by atoms with Gasteiger partial charge in [0.2, 0.25) is 0 Å². The van der Waals surface area contributed by atoms with E-state index < -0.39 is 0 Å². The first-order chi connectivity index (χ1) is 18.7.